The quantitative estimate of drug-likeness (QED) is 0.833. The molecule has 0 spiro atoms. The highest BCUT2D eigenvalue weighted by atomic mass is 35.5. The van der Waals surface area contributed by atoms with Crippen LogP contribution in [0.4, 0.5) is 14.5 Å². The van der Waals surface area contributed by atoms with Crippen molar-refractivity contribution in [2.75, 3.05) is 12.8 Å². The Hall–Kier alpha value is -1.43. The number of ether oxygens (including phenoxy) is 1. The number of anilines is 1. The van der Waals surface area contributed by atoms with Crippen LogP contribution in [0.5, 0.6) is 0 Å². The summed E-state index contributed by atoms with van der Waals surface area (Å²) in [5, 5.41) is -0.0873. The van der Waals surface area contributed by atoms with Gasteiger partial charge in [0.1, 0.15) is 5.69 Å². The lowest BCUT2D eigenvalue weighted by Crippen LogP contribution is -2.10. The summed E-state index contributed by atoms with van der Waals surface area (Å²) in [6.07, 6.45) is -2.17. The summed E-state index contributed by atoms with van der Waals surface area (Å²) in [4.78, 5) is 14.5. The molecule has 1 rings (SSSR count). The molecular weight excluding hydrogens is 242 g/mol. The maximum Gasteiger partial charge on any atom is 0.310 e. The minimum Gasteiger partial charge on any atom is -0.469 e. The SMILES string of the molecule is COC(=O)Cc1c(C(F)F)ncc(N)c1Cl. The Morgan fingerprint density at radius 1 is 1.69 bits per heavy atom. The summed E-state index contributed by atoms with van der Waals surface area (Å²) in [5.74, 6) is -0.684. The first-order valence-electron chi connectivity index (χ1n) is 4.25. The number of halogens is 3. The maximum atomic E-state index is 12.6. The number of hydrogen-bond donors (Lipinski definition) is 1. The van der Waals surface area contributed by atoms with Gasteiger partial charge in [-0.05, 0) is 0 Å². The Balaban J connectivity index is 3.20. The number of methoxy groups -OCH3 is 1. The van der Waals surface area contributed by atoms with Crippen LogP contribution in [0.3, 0.4) is 0 Å². The summed E-state index contributed by atoms with van der Waals surface area (Å²) in [6, 6.07) is 0. The number of pyridine rings is 1. The summed E-state index contributed by atoms with van der Waals surface area (Å²) in [7, 11) is 1.15. The predicted octanol–water partition coefficient (Wildman–Crippen LogP) is 1.97. The molecule has 0 fully saturated rings. The second kappa shape index (κ2) is 5.07. The Labute approximate surface area is 95.4 Å². The number of rotatable bonds is 3. The van der Waals surface area contributed by atoms with E-state index >= 15 is 0 Å². The maximum absolute atomic E-state index is 12.6. The van der Waals surface area contributed by atoms with Crippen LogP contribution in [-0.4, -0.2) is 18.1 Å². The highest BCUT2D eigenvalue weighted by molar-refractivity contribution is 6.34. The average molecular weight is 251 g/mol. The van der Waals surface area contributed by atoms with Crippen molar-refractivity contribution in [1.29, 1.82) is 0 Å². The highest BCUT2D eigenvalue weighted by Crippen LogP contribution is 2.30. The zero-order valence-corrected chi connectivity index (χ0v) is 9.09. The normalized spacial score (nSPS) is 10.6. The molecule has 0 unspecified atom stereocenters. The minimum absolute atomic E-state index is 0.0463. The van der Waals surface area contributed by atoms with Gasteiger partial charge in [0.25, 0.3) is 6.43 Å². The number of nitrogens with two attached hydrogens (primary N) is 1. The van der Waals surface area contributed by atoms with Gasteiger partial charge in [0.05, 0.1) is 30.4 Å². The van der Waals surface area contributed by atoms with Crippen LogP contribution in [0.25, 0.3) is 0 Å². The van der Waals surface area contributed by atoms with Gasteiger partial charge in [-0.15, -0.1) is 0 Å². The van der Waals surface area contributed by atoms with Gasteiger partial charge in [-0.25, -0.2) is 8.78 Å². The van der Waals surface area contributed by atoms with Gasteiger partial charge in [0.2, 0.25) is 0 Å². The van der Waals surface area contributed by atoms with E-state index in [0.29, 0.717) is 0 Å². The van der Waals surface area contributed by atoms with Crippen molar-refractivity contribution in [1.82, 2.24) is 4.98 Å². The standard InChI is InChI=1S/C9H9ClF2N2O2/c1-16-6(15)2-4-7(10)5(13)3-14-8(4)9(11)12/h3,9H,2,13H2,1H3. The molecule has 7 heteroatoms. The molecule has 1 aromatic rings. The molecule has 2 N–H and O–H groups in total. The van der Waals surface area contributed by atoms with Crippen molar-refractivity contribution in [3.63, 3.8) is 0 Å². The Kier molecular flexibility index (Phi) is 4.00. The average Bonchev–Trinajstić information content (AvgIpc) is 2.24. The van der Waals surface area contributed by atoms with Crippen LogP contribution in [0, 0.1) is 0 Å². The first-order valence-corrected chi connectivity index (χ1v) is 4.62. The Bertz CT molecular complexity index is 413. The Morgan fingerprint density at radius 3 is 2.81 bits per heavy atom. The van der Waals surface area contributed by atoms with Crippen molar-refractivity contribution < 1.29 is 18.3 Å². The second-order valence-electron chi connectivity index (χ2n) is 2.94. The number of nitrogens with zero attached hydrogens (tertiary/aromatic N) is 1. The smallest absolute Gasteiger partial charge is 0.310 e. The molecule has 4 nitrogen and oxygen atoms in total. The van der Waals surface area contributed by atoms with Gasteiger partial charge in [0, 0.05) is 5.56 Å². The fourth-order valence-corrected chi connectivity index (χ4v) is 1.35. The van der Waals surface area contributed by atoms with Crippen LogP contribution in [0.2, 0.25) is 5.02 Å². The van der Waals surface area contributed by atoms with Gasteiger partial charge < -0.3 is 10.5 Å². The lowest BCUT2D eigenvalue weighted by atomic mass is 10.1. The third-order valence-corrected chi connectivity index (χ3v) is 2.37. The summed E-state index contributed by atoms with van der Waals surface area (Å²) in [5.41, 5.74) is 4.82. The first kappa shape index (κ1) is 12.6. The minimum atomic E-state index is -2.82. The molecule has 88 valence electrons. The van der Waals surface area contributed by atoms with Crippen LogP contribution < -0.4 is 5.73 Å². The molecule has 0 saturated carbocycles. The van der Waals surface area contributed by atoms with Gasteiger partial charge in [-0.3, -0.25) is 9.78 Å². The van der Waals surface area contributed by atoms with Gasteiger partial charge in [-0.2, -0.15) is 0 Å². The molecule has 1 heterocycles. The van der Waals surface area contributed by atoms with Crippen molar-refractivity contribution in [2.24, 2.45) is 0 Å². The van der Waals surface area contributed by atoms with E-state index in [-0.39, 0.29) is 22.7 Å². The molecule has 0 aliphatic carbocycles. The van der Waals surface area contributed by atoms with E-state index < -0.39 is 18.1 Å². The molecule has 0 aliphatic rings. The van der Waals surface area contributed by atoms with Gasteiger partial charge >= 0.3 is 5.97 Å². The van der Waals surface area contributed by atoms with Gasteiger partial charge in [0.15, 0.2) is 0 Å². The van der Waals surface area contributed by atoms with Gasteiger partial charge in [-0.1, -0.05) is 11.6 Å². The summed E-state index contributed by atoms with van der Waals surface area (Å²) < 4.78 is 29.5. The van der Waals surface area contributed by atoms with Crippen molar-refractivity contribution >= 4 is 23.3 Å². The molecule has 0 saturated heterocycles. The second-order valence-corrected chi connectivity index (χ2v) is 3.32. The number of alkyl halides is 2. The number of esters is 1. The van der Waals surface area contributed by atoms with E-state index in [1.807, 2.05) is 0 Å². The van der Waals surface area contributed by atoms with E-state index in [2.05, 4.69) is 9.72 Å². The monoisotopic (exact) mass is 250 g/mol. The molecule has 0 amide bonds. The third-order valence-electron chi connectivity index (χ3n) is 1.93. The number of hydrogen-bond acceptors (Lipinski definition) is 4. The van der Waals surface area contributed by atoms with Crippen molar-refractivity contribution in [3.8, 4) is 0 Å². The molecule has 0 atom stereocenters. The largest absolute Gasteiger partial charge is 0.469 e. The lowest BCUT2D eigenvalue weighted by molar-refractivity contribution is -0.139. The van der Waals surface area contributed by atoms with E-state index in [1.165, 1.54) is 0 Å². The lowest BCUT2D eigenvalue weighted by Gasteiger charge is -2.10. The molecular formula is C9H9ClF2N2O2. The van der Waals surface area contributed by atoms with E-state index in [0.717, 1.165) is 13.3 Å². The van der Waals surface area contributed by atoms with E-state index in [9.17, 15) is 13.6 Å². The van der Waals surface area contributed by atoms with E-state index in [1.54, 1.807) is 0 Å². The fraction of sp³-hybridized carbons (Fsp3) is 0.333. The van der Waals surface area contributed by atoms with Crippen molar-refractivity contribution in [3.05, 3.63) is 22.5 Å². The topological polar surface area (TPSA) is 65.2 Å². The molecule has 1 aromatic heterocycles. The zero-order valence-electron chi connectivity index (χ0n) is 8.34. The van der Waals surface area contributed by atoms with Crippen LogP contribution in [-0.2, 0) is 16.0 Å². The number of carbonyl (C=O) groups is 1. The van der Waals surface area contributed by atoms with Crippen LogP contribution in [0.15, 0.2) is 6.20 Å². The molecule has 0 radical (unpaired) electrons. The molecule has 0 aliphatic heterocycles. The van der Waals surface area contributed by atoms with Crippen LogP contribution >= 0.6 is 11.6 Å². The van der Waals surface area contributed by atoms with Crippen LogP contribution in [0.1, 0.15) is 17.7 Å². The number of carbonyl (C=O) groups excluding carboxylic acids is 1. The van der Waals surface area contributed by atoms with Crippen molar-refractivity contribution in [2.45, 2.75) is 12.8 Å². The summed E-state index contributed by atoms with van der Waals surface area (Å²) >= 11 is 5.74. The number of nitrogen functional groups attached to an aromatic ring is 1. The molecule has 16 heavy (non-hydrogen) atoms. The molecule has 0 aromatic carbocycles. The zero-order chi connectivity index (χ0) is 12.3. The van der Waals surface area contributed by atoms with E-state index in [4.69, 9.17) is 17.3 Å². The Morgan fingerprint density at radius 2 is 2.31 bits per heavy atom. The summed E-state index contributed by atoms with van der Waals surface area (Å²) in [6.45, 7) is 0. The first-order chi connectivity index (χ1) is 7.47. The highest BCUT2D eigenvalue weighted by Gasteiger charge is 2.21. The number of aromatic nitrogens is 1. The molecule has 0 bridgehead atoms. The fourth-order valence-electron chi connectivity index (χ4n) is 1.13. The third kappa shape index (κ3) is 2.57. The predicted molar refractivity (Wildman–Crippen MR) is 54.3 cm³/mol.